The zero-order valence-electron chi connectivity index (χ0n) is 16.2. The third kappa shape index (κ3) is 4.42. The van der Waals surface area contributed by atoms with Gasteiger partial charge in [-0.2, -0.15) is 0 Å². The van der Waals surface area contributed by atoms with Crippen LogP contribution in [0.2, 0.25) is 0 Å². The Kier molecular flexibility index (Phi) is 5.33. The molecule has 1 aromatic rings. The molecule has 27 heavy (non-hydrogen) atoms. The molecule has 2 saturated carbocycles. The Labute approximate surface area is 162 Å². The van der Waals surface area contributed by atoms with Gasteiger partial charge in [-0.1, -0.05) is 30.3 Å². The van der Waals surface area contributed by atoms with E-state index in [0.717, 1.165) is 24.3 Å². The monoisotopic (exact) mass is 366 g/mol. The van der Waals surface area contributed by atoms with Gasteiger partial charge in [0.1, 0.15) is 0 Å². The van der Waals surface area contributed by atoms with E-state index < -0.39 is 0 Å². The number of amides is 2. The molecule has 0 spiro atoms. The summed E-state index contributed by atoms with van der Waals surface area (Å²) in [7, 11) is 0. The van der Waals surface area contributed by atoms with Crippen LogP contribution in [0.15, 0.2) is 36.4 Å². The molecule has 0 aromatic heterocycles. The highest BCUT2D eigenvalue weighted by Gasteiger charge is 2.43. The van der Waals surface area contributed by atoms with Crippen LogP contribution in [-0.4, -0.2) is 46.8 Å². The molecular formula is C23H30N2O2. The highest BCUT2D eigenvalue weighted by molar-refractivity contribution is 5.92. The van der Waals surface area contributed by atoms with Crippen LogP contribution in [0.4, 0.5) is 0 Å². The molecule has 1 aliphatic heterocycles. The summed E-state index contributed by atoms with van der Waals surface area (Å²) in [4.78, 5) is 29.7. The second-order valence-corrected chi connectivity index (χ2v) is 8.40. The van der Waals surface area contributed by atoms with Gasteiger partial charge in [0.25, 0.3) is 0 Å². The van der Waals surface area contributed by atoms with E-state index in [2.05, 4.69) is 11.8 Å². The predicted molar refractivity (Wildman–Crippen MR) is 107 cm³/mol. The van der Waals surface area contributed by atoms with E-state index in [1.165, 1.54) is 25.7 Å². The van der Waals surface area contributed by atoms with Crippen LogP contribution >= 0.6 is 0 Å². The fourth-order valence-corrected chi connectivity index (χ4v) is 4.27. The van der Waals surface area contributed by atoms with Gasteiger partial charge in [0.2, 0.25) is 11.8 Å². The highest BCUT2D eigenvalue weighted by atomic mass is 16.2. The number of nitrogens with zero attached hydrogens (tertiary/aromatic N) is 2. The van der Waals surface area contributed by atoms with E-state index in [1.54, 1.807) is 6.08 Å². The molecule has 1 heterocycles. The fraction of sp³-hybridized carbons (Fsp3) is 0.565. The Morgan fingerprint density at radius 2 is 1.70 bits per heavy atom. The third-order valence-electron chi connectivity index (χ3n) is 6.31. The van der Waals surface area contributed by atoms with E-state index in [9.17, 15) is 9.59 Å². The van der Waals surface area contributed by atoms with Crippen molar-refractivity contribution >= 4 is 17.9 Å². The SMILES string of the molecule is C[C@H](C1CC1)N(C(=O)C1CCN(C(=O)/C=C\c2ccccc2)CC1)C1CC1. The van der Waals surface area contributed by atoms with Gasteiger partial charge < -0.3 is 9.80 Å². The number of carbonyl (C=O) groups is 2. The van der Waals surface area contributed by atoms with Gasteiger partial charge >= 0.3 is 0 Å². The fourth-order valence-electron chi connectivity index (χ4n) is 4.27. The quantitative estimate of drug-likeness (QED) is 0.720. The Morgan fingerprint density at radius 1 is 1.04 bits per heavy atom. The van der Waals surface area contributed by atoms with Gasteiger partial charge in [0.15, 0.2) is 0 Å². The molecule has 0 radical (unpaired) electrons. The van der Waals surface area contributed by atoms with Crippen LogP contribution in [0.25, 0.3) is 6.08 Å². The summed E-state index contributed by atoms with van der Waals surface area (Å²) in [5.41, 5.74) is 1.03. The number of rotatable bonds is 6. The van der Waals surface area contributed by atoms with Gasteiger partial charge in [-0.15, -0.1) is 0 Å². The molecule has 4 heteroatoms. The van der Waals surface area contributed by atoms with Gasteiger partial charge in [0, 0.05) is 37.2 Å². The maximum Gasteiger partial charge on any atom is 0.246 e. The number of hydrogen-bond donors (Lipinski definition) is 0. The third-order valence-corrected chi connectivity index (χ3v) is 6.31. The lowest BCUT2D eigenvalue weighted by Gasteiger charge is -2.36. The van der Waals surface area contributed by atoms with Crippen molar-refractivity contribution in [3.8, 4) is 0 Å². The van der Waals surface area contributed by atoms with Crippen molar-refractivity contribution in [3.63, 3.8) is 0 Å². The molecule has 0 unspecified atom stereocenters. The molecule has 1 aromatic carbocycles. The van der Waals surface area contributed by atoms with Crippen molar-refractivity contribution in [2.45, 2.75) is 57.5 Å². The van der Waals surface area contributed by atoms with E-state index >= 15 is 0 Å². The summed E-state index contributed by atoms with van der Waals surface area (Å²) < 4.78 is 0. The standard InChI is InChI=1S/C23H30N2O2/c1-17(19-8-9-19)25(21-10-11-21)23(27)20-13-15-24(16-14-20)22(26)12-7-18-5-3-2-4-6-18/h2-7,12,17,19-21H,8-11,13-16H2,1H3/b12-7-/t17-/m1/s1. The zero-order valence-corrected chi connectivity index (χ0v) is 16.2. The van der Waals surface area contributed by atoms with Crippen molar-refractivity contribution in [3.05, 3.63) is 42.0 Å². The molecule has 0 N–H and O–H groups in total. The first kappa shape index (κ1) is 18.3. The molecule has 3 aliphatic rings. The van der Waals surface area contributed by atoms with E-state index in [4.69, 9.17) is 0 Å². The normalized spacial score (nSPS) is 22.0. The summed E-state index contributed by atoms with van der Waals surface area (Å²) in [5, 5.41) is 0. The van der Waals surface area contributed by atoms with Crippen LogP contribution < -0.4 is 0 Å². The van der Waals surface area contributed by atoms with Crippen molar-refractivity contribution in [2.24, 2.45) is 11.8 Å². The minimum Gasteiger partial charge on any atom is -0.339 e. The minimum atomic E-state index is 0.0511. The molecule has 3 fully saturated rings. The average molecular weight is 367 g/mol. The summed E-state index contributed by atoms with van der Waals surface area (Å²) in [6.45, 7) is 3.61. The van der Waals surface area contributed by atoms with E-state index in [-0.39, 0.29) is 11.8 Å². The molecule has 1 atom stereocenters. The lowest BCUT2D eigenvalue weighted by atomic mass is 9.94. The number of benzene rings is 1. The molecule has 0 bridgehead atoms. The zero-order chi connectivity index (χ0) is 18.8. The van der Waals surface area contributed by atoms with Crippen molar-refractivity contribution in [1.82, 2.24) is 9.80 Å². The van der Waals surface area contributed by atoms with E-state index in [1.807, 2.05) is 41.3 Å². The molecule has 2 aliphatic carbocycles. The van der Waals surface area contributed by atoms with Gasteiger partial charge in [-0.05, 0) is 63.0 Å². The minimum absolute atomic E-state index is 0.0511. The Morgan fingerprint density at radius 3 is 2.30 bits per heavy atom. The number of carbonyl (C=O) groups excluding carboxylic acids is 2. The number of hydrogen-bond acceptors (Lipinski definition) is 2. The maximum atomic E-state index is 13.1. The molecule has 144 valence electrons. The first-order valence-corrected chi connectivity index (χ1v) is 10.5. The van der Waals surface area contributed by atoms with Crippen molar-refractivity contribution in [2.75, 3.05) is 13.1 Å². The first-order chi connectivity index (χ1) is 13.1. The second kappa shape index (κ2) is 7.87. The first-order valence-electron chi connectivity index (χ1n) is 10.5. The van der Waals surface area contributed by atoms with E-state index in [0.29, 0.717) is 31.1 Å². The number of likely N-dealkylation sites (tertiary alicyclic amines) is 1. The van der Waals surface area contributed by atoms with Crippen LogP contribution in [0, 0.1) is 11.8 Å². The average Bonchev–Trinajstić information content (AvgIpc) is 3.60. The number of piperidine rings is 1. The van der Waals surface area contributed by atoms with Gasteiger partial charge in [-0.25, -0.2) is 0 Å². The highest BCUT2D eigenvalue weighted by Crippen LogP contribution is 2.41. The summed E-state index contributed by atoms with van der Waals surface area (Å²) in [6.07, 6.45) is 10.0. The molecular weight excluding hydrogens is 336 g/mol. The summed E-state index contributed by atoms with van der Waals surface area (Å²) in [5.74, 6) is 1.22. The second-order valence-electron chi connectivity index (χ2n) is 8.40. The van der Waals surface area contributed by atoms with Crippen molar-refractivity contribution in [1.29, 1.82) is 0 Å². The largest absolute Gasteiger partial charge is 0.339 e. The van der Waals surface area contributed by atoms with Crippen LogP contribution in [0.3, 0.4) is 0 Å². The topological polar surface area (TPSA) is 40.6 Å². The van der Waals surface area contributed by atoms with Crippen LogP contribution in [0.5, 0.6) is 0 Å². The molecule has 4 nitrogen and oxygen atoms in total. The molecule has 1 saturated heterocycles. The Bertz CT molecular complexity index is 698. The Balaban J connectivity index is 1.31. The summed E-state index contributed by atoms with van der Waals surface area (Å²) in [6, 6.07) is 10.8. The smallest absolute Gasteiger partial charge is 0.246 e. The van der Waals surface area contributed by atoms with Crippen LogP contribution in [0.1, 0.15) is 51.0 Å². The predicted octanol–water partition coefficient (Wildman–Crippen LogP) is 3.73. The Hall–Kier alpha value is -2.10. The maximum absolute atomic E-state index is 13.1. The van der Waals surface area contributed by atoms with Crippen molar-refractivity contribution < 1.29 is 9.59 Å². The molecule has 4 rings (SSSR count). The molecule has 2 amide bonds. The lowest BCUT2D eigenvalue weighted by molar-refractivity contribution is -0.142. The van der Waals surface area contributed by atoms with Gasteiger partial charge in [-0.3, -0.25) is 9.59 Å². The van der Waals surface area contributed by atoms with Crippen LogP contribution in [-0.2, 0) is 9.59 Å². The lowest BCUT2D eigenvalue weighted by Crippen LogP contribution is -2.48. The van der Waals surface area contributed by atoms with Gasteiger partial charge in [0.05, 0.1) is 0 Å². The summed E-state index contributed by atoms with van der Waals surface area (Å²) >= 11 is 0.